The zero-order chi connectivity index (χ0) is 13.8. The molecule has 7 nitrogen and oxygen atoms in total. The Balaban J connectivity index is 2.16. The van der Waals surface area contributed by atoms with Crippen molar-refractivity contribution in [2.75, 3.05) is 38.7 Å². The molecule has 0 atom stereocenters. The average molecular weight is 265 g/mol. The van der Waals surface area contributed by atoms with Crippen molar-refractivity contribution in [3.05, 3.63) is 33.9 Å². The topological polar surface area (TPSA) is 87.7 Å². The fourth-order valence-corrected chi connectivity index (χ4v) is 2.28. The monoisotopic (exact) mass is 265 g/mol. The lowest BCUT2D eigenvalue weighted by Gasteiger charge is -2.32. The van der Waals surface area contributed by atoms with Gasteiger partial charge in [-0.25, -0.2) is 0 Å². The molecule has 0 radical (unpaired) electrons. The van der Waals surface area contributed by atoms with Crippen LogP contribution in [0.1, 0.15) is 5.56 Å². The smallest absolute Gasteiger partial charge is 0.293 e. The summed E-state index contributed by atoms with van der Waals surface area (Å²) in [6.07, 6.45) is 0. The second-order valence-electron chi connectivity index (χ2n) is 4.79. The number of likely N-dealkylation sites (N-methyl/N-ethyl adjacent to an activating group) is 1. The highest BCUT2D eigenvalue weighted by atomic mass is 16.6. The normalized spacial score (nSPS) is 17.4. The highest BCUT2D eigenvalue weighted by molar-refractivity contribution is 5.65. The van der Waals surface area contributed by atoms with Crippen molar-refractivity contribution in [3.63, 3.8) is 0 Å². The SMILES string of the molecule is CN1CCN(Cc2cccc([N+](=O)[O-])c2NN)CC1. The molecule has 1 aromatic carbocycles. The van der Waals surface area contributed by atoms with Crippen molar-refractivity contribution in [3.8, 4) is 0 Å². The molecule has 1 aliphatic heterocycles. The Morgan fingerprint density at radius 2 is 2.05 bits per heavy atom. The molecule has 0 unspecified atom stereocenters. The number of nitro groups is 1. The zero-order valence-electron chi connectivity index (χ0n) is 11.0. The molecule has 1 heterocycles. The minimum Gasteiger partial charge on any atom is -0.318 e. The van der Waals surface area contributed by atoms with Crippen LogP contribution in [0, 0.1) is 10.1 Å². The van der Waals surface area contributed by atoms with Crippen molar-refractivity contribution in [2.45, 2.75) is 6.54 Å². The van der Waals surface area contributed by atoms with E-state index in [9.17, 15) is 10.1 Å². The van der Waals surface area contributed by atoms with Crippen LogP contribution in [0.25, 0.3) is 0 Å². The number of hydrogen-bond donors (Lipinski definition) is 2. The molecule has 0 saturated carbocycles. The van der Waals surface area contributed by atoms with Gasteiger partial charge in [0.1, 0.15) is 5.69 Å². The van der Waals surface area contributed by atoms with Crippen LogP contribution in [0.5, 0.6) is 0 Å². The third-order valence-corrected chi connectivity index (χ3v) is 3.46. The van der Waals surface area contributed by atoms with Crippen LogP contribution in [-0.4, -0.2) is 47.9 Å². The van der Waals surface area contributed by atoms with E-state index in [-0.39, 0.29) is 5.69 Å². The van der Waals surface area contributed by atoms with E-state index < -0.39 is 4.92 Å². The lowest BCUT2D eigenvalue weighted by atomic mass is 10.1. The van der Waals surface area contributed by atoms with Crippen LogP contribution in [0.2, 0.25) is 0 Å². The maximum atomic E-state index is 11.0. The van der Waals surface area contributed by atoms with Crippen LogP contribution in [0.4, 0.5) is 11.4 Å². The number of benzene rings is 1. The van der Waals surface area contributed by atoms with Gasteiger partial charge >= 0.3 is 0 Å². The quantitative estimate of drug-likeness (QED) is 0.471. The summed E-state index contributed by atoms with van der Waals surface area (Å²) >= 11 is 0. The van der Waals surface area contributed by atoms with Crippen LogP contribution in [0.3, 0.4) is 0 Å². The summed E-state index contributed by atoms with van der Waals surface area (Å²) in [6, 6.07) is 5.04. The number of rotatable bonds is 4. The minimum atomic E-state index is -0.414. The molecule has 1 aromatic rings. The summed E-state index contributed by atoms with van der Waals surface area (Å²) in [7, 11) is 2.09. The molecule has 0 aliphatic carbocycles. The van der Waals surface area contributed by atoms with Gasteiger partial charge in [-0.3, -0.25) is 20.9 Å². The molecule has 19 heavy (non-hydrogen) atoms. The molecule has 104 valence electrons. The second-order valence-corrected chi connectivity index (χ2v) is 4.79. The van der Waals surface area contributed by atoms with E-state index >= 15 is 0 Å². The van der Waals surface area contributed by atoms with Crippen molar-refractivity contribution in [1.29, 1.82) is 0 Å². The lowest BCUT2D eigenvalue weighted by molar-refractivity contribution is -0.384. The first-order valence-electron chi connectivity index (χ1n) is 6.25. The molecule has 1 saturated heterocycles. The molecule has 1 aliphatic rings. The molecule has 0 spiro atoms. The van der Waals surface area contributed by atoms with Crippen molar-refractivity contribution in [1.82, 2.24) is 9.80 Å². The first-order valence-corrected chi connectivity index (χ1v) is 6.25. The number of nitrogen functional groups attached to an aromatic ring is 1. The molecule has 7 heteroatoms. The number of piperazine rings is 1. The first kappa shape index (κ1) is 13.7. The molecular formula is C12H19N5O2. The summed E-state index contributed by atoms with van der Waals surface area (Å²) in [5.74, 6) is 5.44. The van der Waals surface area contributed by atoms with Crippen molar-refractivity contribution >= 4 is 11.4 Å². The Hall–Kier alpha value is -1.70. The first-order chi connectivity index (χ1) is 9.11. The van der Waals surface area contributed by atoms with Crippen LogP contribution < -0.4 is 11.3 Å². The summed E-state index contributed by atoms with van der Waals surface area (Å²) in [5, 5.41) is 11.0. The maximum Gasteiger partial charge on any atom is 0.293 e. The Kier molecular flexibility index (Phi) is 4.31. The number of nitrogens with one attached hydrogen (secondary N) is 1. The number of nitrogens with zero attached hydrogens (tertiary/aromatic N) is 3. The Morgan fingerprint density at radius 1 is 1.37 bits per heavy atom. The van der Waals surface area contributed by atoms with Gasteiger partial charge in [-0.15, -0.1) is 0 Å². The highest BCUT2D eigenvalue weighted by Gasteiger charge is 2.20. The Labute approximate surface area is 112 Å². The molecule has 0 aromatic heterocycles. The van der Waals surface area contributed by atoms with Crippen LogP contribution >= 0.6 is 0 Å². The van der Waals surface area contributed by atoms with Gasteiger partial charge < -0.3 is 10.3 Å². The molecule has 3 N–H and O–H groups in total. The second kappa shape index (κ2) is 5.96. The number of hydrazine groups is 1. The van der Waals surface area contributed by atoms with Gasteiger partial charge in [-0.1, -0.05) is 12.1 Å². The fourth-order valence-electron chi connectivity index (χ4n) is 2.28. The summed E-state index contributed by atoms with van der Waals surface area (Å²) in [4.78, 5) is 15.1. The van der Waals surface area contributed by atoms with E-state index in [0.717, 1.165) is 31.7 Å². The van der Waals surface area contributed by atoms with Gasteiger partial charge in [-0.05, 0) is 12.6 Å². The van der Waals surface area contributed by atoms with E-state index in [1.54, 1.807) is 6.07 Å². The number of hydrogen-bond acceptors (Lipinski definition) is 6. The van der Waals surface area contributed by atoms with E-state index in [1.807, 2.05) is 6.07 Å². The van der Waals surface area contributed by atoms with Gasteiger partial charge in [0, 0.05) is 38.8 Å². The van der Waals surface area contributed by atoms with Crippen LogP contribution in [-0.2, 0) is 6.54 Å². The predicted octanol–water partition coefficient (Wildman–Crippen LogP) is 0.628. The van der Waals surface area contributed by atoms with Gasteiger partial charge in [0.05, 0.1) is 4.92 Å². The van der Waals surface area contributed by atoms with Crippen LogP contribution in [0.15, 0.2) is 18.2 Å². The number of para-hydroxylation sites is 1. The molecule has 0 amide bonds. The number of nitro benzene ring substituents is 1. The largest absolute Gasteiger partial charge is 0.318 e. The van der Waals surface area contributed by atoms with Gasteiger partial charge in [0.15, 0.2) is 0 Å². The van der Waals surface area contributed by atoms with E-state index in [4.69, 9.17) is 5.84 Å². The van der Waals surface area contributed by atoms with Gasteiger partial charge in [0.2, 0.25) is 0 Å². The van der Waals surface area contributed by atoms with E-state index in [1.165, 1.54) is 6.07 Å². The fraction of sp³-hybridized carbons (Fsp3) is 0.500. The molecule has 2 rings (SSSR count). The minimum absolute atomic E-state index is 0.0223. The van der Waals surface area contributed by atoms with Gasteiger partial charge in [0.25, 0.3) is 5.69 Å². The summed E-state index contributed by atoms with van der Waals surface area (Å²) in [5.41, 5.74) is 3.76. The maximum absolute atomic E-state index is 11.0. The van der Waals surface area contributed by atoms with Gasteiger partial charge in [-0.2, -0.15) is 0 Å². The Morgan fingerprint density at radius 3 is 2.63 bits per heavy atom. The third kappa shape index (κ3) is 3.19. The van der Waals surface area contributed by atoms with Crippen molar-refractivity contribution in [2.24, 2.45) is 5.84 Å². The standard InChI is InChI=1S/C12H19N5O2/c1-15-5-7-16(8-6-15)9-10-3-2-4-11(17(18)19)12(10)14-13/h2-4,14H,5-9,13H2,1H3. The summed E-state index contributed by atoms with van der Waals surface area (Å²) < 4.78 is 0. The van der Waals surface area contributed by atoms with Crippen molar-refractivity contribution < 1.29 is 4.92 Å². The summed E-state index contributed by atoms with van der Waals surface area (Å²) in [6.45, 7) is 4.63. The predicted molar refractivity (Wildman–Crippen MR) is 73.7 cm³/mol. The number of nitrogens with two attached hydrogens (primary N) is 1. The molecule has 0 bridgehead atoms. The average Bonchev–Trinajstić information content (AvgIpc) is 2.41. The van der Waals surface area contributed by atoms with E-state index in [0.29, 0.717) is 12.2 Å². The third-order valence-electron chi connectivity index (χ3n) is 3.46. The zero-order valence-corrected chi connectivity index (χ0v) is 11.0. The lowest BCUT2D eigenvalue weighted by Crippen LogP contribution is -2.44. The number of anilines is 1. The molecule has 1 fully saturated rings. The Bertz CT molecular complexity index is 457. The van der Waals surface area contributed by atoms with E-state index in [2.05, 4.69) is 22.3 Å². The molecular weight excluding hydrogens is 246 g/mol. The highest BCUT2D eigenvalue weighted by Crippen LogP contribution is 2.28.